The fourth-order valence-electron chi connectivity index (χ4n) is 1.50. The first-order valence-corrected chi connectivity index (χ1v) is 7.57. The minimum Gasteiger partial charge on any atom is -0.487 e. The summed E-state index contributed by atoms with van der Waals surface area (Å²) in [7, 11) is 0. The smallest absolute Gasteiger partial charge is 0.131 e. The van der Waals surface area contributed by atoms with Gasteiger partial charge >= 0.3 is 0 Å². The van der Waals surface area contributed by atoms with Crippen LogP contribution >= 0.6 is 27.3 Å². The van der Waals surface area contributed by atoms with Crippen LogP contribution in [0.25, 0.3) is 0 Å². The van der Waals surface area contributed by atoms with Gasteiger partial charge in [0, 0.05) is 22.5 Å². The van der Waals surface area contributed by atoms with E-state index in [4.69, 9.17) is 4.74 Å². The topological polar surface area (TPSA) is 34.2 Å². The van der Waals surface area contributed by atoms with Gasteiger partial charge in [-0.3, -0.25) is 0 Å². The quantitative estimate of drug-likeness (QED) is 0.866. The highest BCUT2D eigenvalue weighted by atomic mass is 79.9. The molecule has 0 saturated carbocycles. The van der Waals surface area contributed by atoms with Crippen LogP contribution in [0.2, 0.25) is 0 Å². The Labute approximate surface area is 124 Å². The number of hydrogen-bond acceptors (Lipinski definition) is 4. The third kappa shape index (κ3) is 4.56. The van der Waals surface area contributed by atoms with Crippen molar-refractivity contribution in [2.75, 3.05) is 6.54 Å². The van der Waals surface area contributed by atoms with E-state index in [-0.39, 0.29) is 5.82 Å². The Balaban J connectivity index is 1.92. The second-order valence-electron chi connectivity index (χ2n) is 3.91. The van der Waals surface area contributed by atoms with E-state index in [9.17, 15) is 4.39 Å². The second kappa shape index (κ2) is 6.98. The fourth-order valence-corrected chi connectivity index (χ4v) is 2.69. The predicted molar refractivity (Wildman–Crippen MR) is 77.9 cm³/mol. The molecule has 0 spiro atoms. The Morgan fingerprint density at radius 2 is 2.26 bits per heavy atom. The van der Waals surface area contributed by atoms with Gasteiger partial charge < -0.3 is 10.1 Å². The van der Waals surface area contributed by atoms with Gasteiger partial charge in [-0.05, 0) is 18.7 Å². The normalized spacial score (nSPS) is 10.7. The van der Waals surface area contributed by atoms with Gasteiger partial charge in [0.05, 0.1) is 5.69 Å². The Morgan fingerprint density at radius 1 is 1.42 bits per heavy atom. The van der Waals surface area contributed by atoms with E-state index >= 15 is 0 Å². The number of ether oxygens (including phenoxy) is 1. The molecule has 102 valence electrons. The van der Waals surface area contributed by atoms with Crippen LogP contribution < -0.4 is 10.1 Å². The largest absolute Gasteiger partial charge is 0.487 e. The number of aromatic nitrogens is 1. The fraction of sp³-hybridized carbons (Fsp3) is 0.308. The molecule has 0 aliphatic rings. The van der Waals surface area contributed by atoms with E-state index in [1.165, 1.54) is 12.1 Å². The maximum atomic E-state index is 13.2. The van der Waals surface area contributed by atoms with Crippen molar-refractivity contribution < 1.29 is 9.13 Å². The Hall–Kier alpha value is -0.980. The predicted octanol–water partition coefficient (Wildman–Crippen LogP) is 3.73. The standard InChI is InChI=1S/C13H14BrFN2OS/c1-2-16-6-13-17-11(8-19-13)7-18-12-4-9(14)3-10(15)5-12/h3-5,8,16H,2,6-7H2,1H3. The molecule has 0 radical (unpaired) electrons. The summed E-state index contributed by atoms with van der Waals surface area (Å²) in [6.45, 7) is 4.09. The minimum absolute atomic E-state index is 0.324. The SMILES string of the molecule is CCNCc1nc(COc2cc(F)cc(Br)c2)cs1. The van der Waals surface area contributed by atoms with Crippen molar-refractivity contribution in [1.29, 1.82) is 0 Å². The number of halogens is 2. The molecule has 0 aliphatic carbocycles. The first-order chi connectivity index (χ1) is 9.17. The molecule has 0 saturated heterocycles. The van der Waals surface area contributed by atoms with E-state index in [1.807, 2.05) is 5.38 Å². The lowest BCUT2D eigenvalue weighted by atomic mass is 10.3. The molecule has 0 unspecified atom stereocenters. The number of thiazole rings is 1. The van der Waals surface area contributed by atoms with Crippen LogP contribution in [0, 0.1) is 5.82 Å². The molecule has 1 aromatic carbocycles. The van der Waals surface area contributed by atoms with Crippen LogP contribution in [0.15, 0.2) is 28.1 Å². The molecular weight excluding hydrogens is 331 g/mol. The Kier molecular flexibility index (Phi) is 5.30. The molecule has 19 heavy (non-hydrogen) atoms. The van der Waals surface area contributed by atoms with Gasteiger partial charge in [-0.1, -0.05) is 22.9 Å². The molecule has 0 amide bonds. The van der Waals surface area contributed by atoms with Crippen molar-refractivity contribution in [1.82, 2.24) is 10.3 Å². The molecular formula is C13H14BrFN2OS. The second-order valence-corrected chi connectivity index (χ2v) is 5.77. The Morgan fingerprint density at radius 3 is 3.00 bits per heavy atom. The molecule has 3 nitrogen and oxygen atoms in total. The van der Waals surface area contributed by atoms with Gasteiger partial charge in [0.15, 0.2) is 0 Å². The highest BCUT2D eigenvalue weighted by Crippen LogP contribution is 2.21. The van der Waals surface area contributed by atoms with Crippen molar-refractivity contribution in [3.8, 4) is 5.75 Å². The van der Waals surface area contributed by atoms with Crippen molar-refractivity contribution >= 4 is 27.3 Å². The summed E-state index contributed by atoms with van der Waals surface area (Å²) < 4.78 is 19.4. The molecule has 0 atom stereocenters. The molecule has 1 aromatic heterocycles. The lowest BCUT2D eigenvalue weighted by Gasteiger charge is -2.05. The summed E-state index contributed by atoms with van der Waals surface area (Å²) in [5, 5.41) is 6.21. The molecule has 0 fully saturated rings. The average Bonchev–Trinajstić information content (AvgIpc) is 2.81. The van der Waals surface area contributed by atoms with Crippen LogP contribution in [0.4, 0.5) is 4.39 Å². The zero-order valence-electron chi connectivity index (χ0n) is 10.5. The van der Waals surface area contributed by atoms with Crippen molar-refractivity contribution in [3.63, 3.8) is 0 Å². The lowest BCUT2D eigenvalue weighted by molar-refractivity contribution is 0.300. The van der Waals surface area contributed by atoms with Crippen LogP contribution in [0.3, 0.4) is 0 Å². The summed E-state index contributed by atoms with van der Waals surface area (Å²) in [6.07, 6.45) is 0. The van der Waals surface area contributed by atoms with Crippen LogP contribution in [-0.4, -0.2) is 11.5 Å². The van der Waals surface area contributed by atoms with E-state index < -0.39 is 0 Å². The zero-order valence-corrected chi connectivity index (χ0v) is 12.9. The zero-order chi connectivity index (χ0) is 13.7. The maximum Gasteiger partial charge on any atom is 0.131 e. The number of benzene rings is 1. The number of hydrogen-bond donors (Lipinski definition) is 1. The average molecular weight is 345 g/mol. The highest BCUT2D eigenvalue weighted by Gasteiger charge is 2.04. The monoisotopic (exact) mass is 344 g/mol. The lowest BCUT2D eigenvalue weighted by Crippen LogP contribution is -2.11. The number of nitrogens with zero attached hydrogens (tertiary/aromatic N) is 1. The van der Waals surface area contributed by atoms with Crippen LogP contribution in [0.1, 0.15) is 17.6 Å². The molecule has 0 aliphatic heterocycles. The molecule has 6 heteroatoms. The summed E-state index contributed by atoms with van der Waals surface area (Å²) in [4.78, 5) is 4.43. The van der Waals surface area contributed by atoms with Gasteiger partial charge in [-0.15, -0.1) is 11.3 Å². The summed E-state index contributed by atoms with van der Waals surface area (Å²) in [6, 6.07) is 4.48. The van der Waals surface area contributed by atoms with E-state index in [2.05, 4.69) is 33.2 Å². The summed E-state index contributed by atoms with van der Waals surface area (Å²) >= 11 is 4.82. The first kappa shape index (κ1) is 14.4. The number of nitrogens with one attached hydrogen (secondary N) is 1. The van der Waals surface area contributed by atoms with Crippen molar-refractivity contribution in [3.05, 3.63) is 44.6 Å². The number of rotatable bonds is 6. The molecule has 2 aromatic rings. The minimum atomic E-state index is -0.324. The van der Waals surface area contributed by atoms with Gasteiger partial charge in [0.1, 0.15) is 23.2 Å². The highest BCUT2D eigenvalue weighted by molar-refractivity contribution is 9.10. The van der Waals surface area contributed by atoms with E-state index in [0.717, 1.165) is 23.8 Å². The van der Waals surface area contributed by atoms with Gasteiger partial charge in [-0.25, -0.2) is 9.37 Å². The van der Waals surface area contributed by atoms with Gasteiger partial charge in [0.2, 0.25) is 0 Å². The van der Waals surface area contributed by atoms with Gasteiger partial charge in [0.25, 0.3) is 0 Å². The first-order valence-electron chi connectivity index (χ1n) is 5.90. The van der Waals surface area contributed by atoms with E-state index in [1.54, 1.807) is 17.4 Å². The van der Waals surface area contributed by atoms with Crippen LogP contribution in [0.5, 0.6) is 5.75 Å². The molecule has 1 N–H and O–H groups in total. The van der Waals surface area contributed by atoms with Gasteiger partial charge in [-0.2, -0.15) is 0 Å². The third-order valence-corrected chi connectivity index (χ3v) is 3.70. The molecule has 0 bridgehead atoms. The third-order valence-electron chi connectivity index (χ3n) is 2.35. The van der Waals surface area contributed by atoms with Crippen molar-refractivity contribution in [2.24, 2.45) is 0 Å². The van der Waals surface area contributed by atoms with E-state index in [0.29, 0.717) is 16.8 Å². The maximum absolute atomic E-state index is 13.2. The Bertz CT molecular complexity index is 527. The van der Waals surface area contributed by atoms with Crippen molar-refractivity contribution in [2.45, 2.75) is 20.1 Å². The van der Waals surface area contributed by atoms with Crippen LogP contribution in [-0.2, 0) is 13.2 Å². The summed E-state index contributed by atoms with van der Waals surface area (Å²) in [5.74, 6) is 0.170. The summed E-state index contributed by atoms with van der Waals surface area (Å²) in [5.41, 5.74) is 0.860. The molecule has 1 heterocycles. The molecule has 2 rings (SSSR count).